The van der Waals surface area contributed by atoms with Gasteiger partial charge in [0, 0.05) is 6.54 Å². The summed E-state index contributed by atoms with van der Waals surface area (Å²) in [6.07, 6.45) is 5.41. The quantitative estimate of drug-likeness (QED) is 0.596. The van der Waals surface area contributed by atoms with Crippen LogP contribution in [0, 0.1) is 6.92 Å². The van der Waals surface area contributed by atoms with E-state index in [-0.39, 0.29) is 5.91 Å². The lowest BCUT2D eigenvalue weighted by molar-refractivity contribution is -0.120. The van der Waals surface area contributed by atoms with E-state index in [1.54, 1.807) is 0 Å². The molecule has 0 spiro atoms. The Morgan fingerprint density at radius 3 is 2.62 bits per heavy atom. The van der Waals surface area contributed by atoms with Gasteiger partial charge in [-0.1, -0.05) is 42.0 Å². The van der Waals surface area contributed by atoms with Crippen LogP contribution >= 0.6 is 0 Å². The molecule has 0 radical (unpaired) electrons. The van der Waals surface area contributed by atoms with Gasteiger partial charge in [-0.3, -0.25) is 4.79 Å². The molecule has 2 nitrogen and oxygen atoms in total. The Bertz CT molecular complexity index is 352. The molecule has 0 aliphatic rings. The second-order valence-electron chi connectivity index (χ2n) is 3.87. The van der Waals surface area contributed by atoms with Gasteiger partial charge in [-0.15, -0.1) is 0 Å². The third-order valence-corrected chi connectivity index (χ3v) is 2.35. The number of nitrogens with one attached hydrogen (secondary N) is 1. The summed E-state index contributed by atoms with van der Waals surface area (Å²) in [4.78, 5) is 11.5. The molecule has 86 valence electrons. The van der Waals surface area contributed by atoms with Gasteiger partial charge >= 0.3 is 0 Å². The van der Waals surface area contributed by atoms with Crippen LogP contribution in [-0.2, 0) is 11.2 Å². The molecule has 1 N–H and O–H groups in total. The molecule has 16 heavy (non-hydrogen) atoms. The minimum absolute atomic E-state index is 0.0911. The highest BCUT2D eigenvalue weighted by molar-refractivity contribution is 5.78. The molecule has 0 saturated heterocycles. The fourth-order valence-electron chi connectivity index (χ4n) is 1.42. The highest BCUT2D eigenvalue weighted by atomic mass is 16.1. The minimum atomic E-state index is 0.0911. The van der Waals surface area contributed by atoms with Gasteiger partial charge in [0.05, 0.1) is 6.42 Å². The van der Waals surface area contributed by atoms with Gasteiger partial charge in [0.2, 0.25) is 5.91 Å². The topological polar surface area (TPSA) is 29.1 Å². The second-order valence-corrected chi connectivity index (χ2v) is 3.87. The Morgan fingerprint density at radius 2 is 2.00 bits per heavy atom. The van der Waals surface area contributed by atoms with Gasteiger partial charge in [-0.25, -0.2) is 0 Å². The normalized spacial score (nSPS) is 10.6. The SMILES string of the molecule is C/C=C/CCNC(=O)Cc1ccc(C)cc1. The molecule has 0 saturated carbocycles. The molecule has 1 amide bonds. The van der Waals surface area contributed by atoms with E-state index in [1.165, 1.54) is 5.56 Å². The van der Waals surface area contributed by atoms with Crippen LogP contribution < -0.4 is 5.32 Å². The van der Waals surface area contributed by atoms with Gasteiger partial charge in [0.15, 0.2) is 0 Å². The van der Waals surface area contributed by atoms with Crippen molar-refractivity contribution in [2.24, 2.45) is 0 Å². The fraction of sp³-hybridized carbons (Fsp3) is 0.357. The maximum Gasteiger partial charge on any atom is 0.224 e. The van der Waals surface area contributed by atoms with Crippen molar-refractivity contribution in [3.05, 3.63) is 47.5 Å². The van der Waals surface area contributed by atoms with E-state index in [2.05, 4.69) is 5.32 Å². The van der Waals surface area contributed by atoms with E-state index in [9.17, 15) is 4.79 Å². The van der Waals surface area contributed by atoms with E-state index in [1.807, 2.05) is 50.3 Å². The molecule has 1 aromatic rings. The second kappa shape index (κ2) is 6.83. The van der Waals surface area contributed by atoms with Crippen LogP contribution in [0.2, 0.25) is 0 Å². The van der Waals surface area contributed by atoms with Crippen molar-refractivity contribution in [1.29, 1.82) is 0 Å². The maximum atomic E-state index is 11.5. The third-order valence-electron chi connectivity index (χ3n) is 2.35. The summed E-state index contributed by atoms with van der Waals surface area (Å²) < 4.78 is 0. The van der Waals surface area contributed by atoms with E-state index in [0.29, 0.717) is 6.42 Å². The maximum absolute atomic E-state index is 11.5. The van der Waals surface area contributed by atoms with Crippen molar-refractivity contribution in [2.75, 3.05) is 6.54 Å². The summed E-state index contributed by atoms with van der Waals surface area (Å²) in [7, 11) is 0. The first kappa shape index (κ1) is 12.5. The lowest BCUT2D eigenvalue weighted by Gasteiger charge is -2.03. The van der Waals surface area contributed by atoms with Crippen LogP contribution in [0.5, 0.6) is 0 Å². The van der Waals surface area contributed by atoms with Gasteiger partial charge in [-0.05, 0) is 25.8 Å². The lowest BCUT2D eigenvalue weighted by Crippen LogP contribution is -2.25. The van der Waals surface area contributed by atoms with E-state index in [0.717, 1.165) is 18.5 Å². The largest absolute Gasteiger partial charge is 0.356 e. The van der Waals surface area contributed by atoms with Gasteiger partial charge in [0.25, 0.3) is 0 Å². The first-order valence-corrected chi connectivity index (χ1v) is 5.66. The lowest BCUT2D eigenvalue weighted by atomic mass is 10.1. The van der Waals surface area contributed by atoms with E-state index >= 15 is 0 Å². The number of hydrogen-bond donors (Lipinski definition) is 1. The zero-order chi connectivity index (χ0) is 11.8. The number of aryl methyl sites for hydroxylation is 1. The summed E-state index contributed by atoms with van der Waals surface area (Å²) in [5.74, 6) is 0.0911. The first-order chi connectivity index (χ1) is 7.72. The zero-order valence-corrected chi connectivity index (χ0v) is 9.99. The predicted molar refractivity (Wildman–Crippen MR) is 67.3 cm³/mol. The smallest absolute Gasteiger partial charge is 0.224 e. The summed E-state index contributed by atoms with van der Waals surface area (Å²) >= 11 is 0. The molecule has 0 heterocycles. The number of benzene rings is 1. The molecule has 0 atom stereocenters. The van der Waals surface area contributed by atoms with Crippen LogP contribution in [0.1, 0.15) is 24.5 Å². The minimum Gasteiger partial charge on any atom is -0.356 e. The molecule has 0 fully saturated rings. The molecular formula is C14H19NO. The molecule has 1 rings (SSSR count). The zero-order valence-electron chi connectivity index (χ0n) is 9.99. The molecular weight excluding hydrogens is 198 g/mol. The molecule has 0 aromatic heterocycles. The predicted octanol–water partition coefficient (Wildman–Crippen LogP) is 2.62. The summed E-state index contributed by atoms with van der Waals surface area (Å²) in [5.41, 5.74) is 2.28. The Morgan fingerprint density at radius 1 is 1.31 bits per heavy atom. The monoisotopic (exact) mass is 217 g/mol. The van der Waals surface area contributed by atoms with Crippen molar-refractivity contribution in [3.8, 4) is 0 Å². The van der Waals surface area contributed by atoms with Crippen molar-refractivity contribution >= 4 is 5.91 Å². The number of rotatable bonds is 5. The highest BCUT2D eigenvalue weighted by Crippen LogP contribution is 2.03. The van der Waals surface area contributed by atoms with Crippen LogP contribution in [0.4, 0.5) is 0 Å². The van der Waals surface area contributed by atoms with E-state index < -0.39 is 0 Å². The Hall–Kier alpha value is -1.57. The number of carbonyl (C=O) groups excluding carboxylic acids is 1. The van der Waals surface area contributed by atoms with Crippen LogP contribution in [-0.4, -0.2) is 12.5 Å². The molecule has 0 aliphatic heterocycles. The Balaban J connectivity index is 2.31. The number of allylic oxidation sites excluding steroid dienone is 1. The molecule has 2 heteroatoms. The average Bonchev–Trinajstić information content (AvgIpc) is 2.28. The van der Waals surface area contributed by atoms with Crippen molar-refractivity contribution in [2.45, 2.75) is 26.7 Å². The number of hydrogen-bond acceptors (Lipinski definition) is 1. The van der Waals surface area contributed by atoms with Crippen LogP contribution in [0.25, 0.3) is 0 Å². The van der Waals surface area contributed by atoms with Crippen molar-refractivity contribution in [1.82, 2.24) is 5.32 Å². The molecule has 0 aliphatic carbocycles. The Kier molecular flexibility index (Phi) is 5.34. The number of carbonyl (C=O) groups is 1. The van der Waals surface area contributed by atoms with Gasteiger partial charge in [0.1, 0.15) is 0 Å². The molecule has 1 aromatic carbocycles. The number of amides is 1. The fourth-order valence-corrected chi connectivity index (χ4v) is 1.42. The summed E-state index contributed by atoms with van der Waals surface area (Å²) in [6.45, 7) is 4.74. The summed E-state index contributed by atoms with van der Waals surface area (Å²) in [6, 6.07) is 8.06. The molecule has 0 bridgehead atoms. The van der Waals surface area contributed by atoms with Crippen molar-refractivity contribution < 1.29 is 4.79 Å². The van der Waals surface area contributed by atoms with Gasteiger partial charge in [-0.2, -0.15) is 0 Å². The van der Waals surface area contributed by atoms with E-state index in [4.69, 9.17) is 0 Å². The summed E-state index contributed by atoms with van der Waals surface area (Å²) in [5, 5.41) is 2.89. The van der Waals surface area contributed by atoms with Crippen LogP contribution in [0.3, 0.4) is 0 Å². The first-order valence-electron chi connectivity index (χ1n) is 5.66. The standard InChI is InChI=1S/C14H19NO/c1-3-4-5-10-15-14(16)11-13-8-6-12(2)7-9-13/h3-4,6-9H,5,10-11H2,1-2H3,(H,15,16)/b4-3+. The third kappa shape index (κ3) is 4.78. The average molecular weight is 217 g/mol. The van der Waals surface area contributed by atoms with Crippen molar-refractivity contribution in [3.63, 3.8) is 0 Å². The van der Waals surface area contributed by atoms with Gasteiger partial charge < -0.3 is 5.32 Å². The highest BCUT2D eigenvalue weighted by Gasteiger charge is 2.01. The Labute approximate surface area is 97.4 Å². The molecule has 0 unspecified atom stereocenters. The van der Waals surface area contributed by atoms with Crippen LogP contribution in [0.15, 0.2) is 36.4 Å².